The topological polar surface area (TPSA) is 153 Å². The van der Waals surface area contributed by atoms with Gasteiger partial charge in [-0.2, -0.15) is 0 Å². The van der Waals surface area contributed by atoms with Crippen LogP contribution in [0.15, 0.2) is 18.2 Å². The van der Waals surface area contributed by atoms with Crippen molar-refractivity contribution >= 4 is 35.0 Å². The predicted molar refractivity (Wildman–Crippen MR) is 97.9 cm³/mol. The number of amides is 1. The summed E-state index contributed by atoms with van der Waals surface area (Å²) in [5.41, 5.74) is -0.407. The van der Waals surface area contributed by atoms with E-state index in [1.54, 1.807) is 6.92 Å². The Labute approximate surface area is 161 Å². The second-order valence-corrected chi connectivity index (χ2v) is 6.18. The molecule has 2 unspecified atom stereocenters. The Morgan fingerprint density at radius 1 is 1.29 bits per heavy atom. The maximum atomic E-state index is 12.4. The van der Waals surface area contributed by atoms with Crippen LogP contribution in [0.5, 0.6) is 0 Å². The number of ketones is 1. The molecule has 2 N–H and O–H groups in total. The Kier molecular flexibility index (Phi) is 8.24. The molecule has 0 spiro atoms. The molecule has 0 aliphatic heterocycles. The highest BCUT2D eigenvalue weighted by Crippen LogP contribution is 2.27. The highest BCUT2D eigenvalue weighted by Gasteiger charge is 2.33. The van der Waals surface area contributed by atoms with Gasteiger partial charge < -0.3 is 15.2 Å². The lowest BCUT2D eigenvalue weighted by molar-refractivity contribution is -0.384. The van der Waals surface area contributed by atoms with Crippen LogP contribution >= 0.6 is 0 Å². The van der Waals surface area contributed by atoms with E-state index >= 15 is 0 Å². The number of carbonyl (C=O) groups excluding carboxylic acids is 3. The van der Waals surface area contributed by atoms with Crippen LogP contribution < -0.4 is 5.32 Å². The number of benzene rings is 1. The van der Waals surface area contributed by atoms with E-state index in [1.807, 2.05) is 0 Å². The maximum absolute atomic E-state index is 12.4. The molecule has 0 radical (unpaired) electrons. The van der Waals surface area contributed by atoms with Gasteiger partial charge in [0, 0.05) is 25.0 Å². The fourth-order valence-corrected chi connectivity index (χ4v) is 2.63. The summed E-state index contributed by atoms with van der Waals surface area (Å²) in [6.07, 6.45) is -0.0309. The first-order chi connectivity index (χ1) is 13.1. The summed E-state index contributed by atoms with van der Waals surface area (Å²) in [6.45, 7) is 4.32. The Morgan fingerprint density at radius 3 is 2.43 bits per heavy atom. The summed E-state index contributed by atoms with van der Waals surface area (Å²) in [5, 5.41) is 22.7. The molecule has 2 atom stereocenters. The molecule has 0 fully saturated rings. The molecule has 0 aliphatic rings. The number of hydrogen-bond acceptors (Lipinski definition) is 7. The summed E-state index contributed by atoms with van der Waals surface area (Å²) in [7, 11) is 0. The quantitative estimate of drug-likeness (QED) is 0.202. The molecule has 1 rings (SSSR count). The van der Waals surface area contributed by atoms with Gasteiger partial charge in [0.25, 0.3) is 5.69 Å². The lowest BCUT2D eigenvalue weighted by Gasteiger charge is -2.18. The van der Waals surface area contributed by atoms with Crippen molar-refractivity contribution in [3.63, 3.8) is 0 Å². The van der Waals surface area contributed by atoms with Gasteiger partial charge in [-0.25, -0.2) is 0 Å². The standard InChI is InChI=1S/C18H22N2O8/c1-4-28-18(25)16(17(23)24)10(2)5-8-15(22)12-6-7-13(19-11(3)21)14(9-12)20(26)27/h6-7,9-10,16H,4-5,8H2,1-3H3,(H,19,21)(H,23,24). The lowest BCUT2D eigenvalue weighted by atomic mass is 9.88. The van der Waals surface area contributed by atoms with E-state index in [0.717, 1.165) is 6.07 Å². The molecule has 0 aromatic heterocycles. The monoisotopic (exact) mass is 394 g/mol. The molecule has 1 aromatic rings. The molecule has 0 heterocycles. The van der Waals surface area contributed by atoms with Crippen molar-refractivity contribution in [3.8, 4) is 0 Å². The Bertz CT molecular complexity index is 790. The van der Waals surface area contributed by atoms with Crippen molar-refractivity contribution in [2.75, 3.05) is 11.9 Å². The van der Waals surface area contributed by atoms with Gasteiger partial charge in [-0.3, -0.25) is 29.3 Å². The van der Waals surface area contributed by atoms with E-state index < -0.39 is 46.1 Å². The number of nitrogens with zero attached hydrogens (tertiary/aromatic N) is 1. The molecular formula is C18H22N2O8. The first-order valence-corrected chi connectivity index (χ1v) is 8.57. The van der Waals surface area contributed by atoms with Gasteiger partial charge in [-0.05, 0) is 31.4 Å². The van der Waals surface area contributed by atoms with Crippen LogP contribution in [0, 0.1) is 22.0 Å². The van der Waals surface area contributed by atoms with Gasteiger partial charge in [0.2, 0.25) is 5.91 Å². The van der Waals surface area contributed by atoms with Crippen LogP contribution in [0.2, 0.25) is 0 Å². The van der Waals surface area contributed by atoms with Gasteiger partial charge in [-0.1, -0.05) is 6.92 Å². The third-order valence-corrected chi connectivity index (χ3v) is 4.03. The van der Waals surface area contributed by atoms with Crippen molar-refractivity contribution in [3.05, 3.63) is 33.9 Å². The zero-order valence-corrected chi connectivity index (χ0v) is 15.8. The Hall–Kier alpha value is -3.30. The molecular weight excluding hydrogens is 372 g/mol. The average Bonchev–Trinajstić information content (AvgIpc) is 2.59. The van der Waals surface area contributed by atoms with E-state index in [0.29, 0.717) is 0 Å². The summed E-state index contributed by atoms with van der Waals surface area (Å²) in [4.78, 5) is 57.1. The van der Waals surface area contributed by atoms with Gasteiger partial charge in [0.15, 0.2) is 11.7 Å². The maximum Gasteiger partial charge on any atom is 0.320 e. The number of aliphatic carboxylic acids is 1. The first-order valence-electron chi connectivity index (χ1n) is 8.57. The number of nitrogens with one attached hydrogen (secondary N) is 1. The zero-order valence-electron chi connectivity index (χ0n) is 15.8. The third kappa shape index (κ3) is 6.15. The number of esters is 1. The zero-order chi connectivity index (χ0) is 21.4. The molecule has 0 saturated heterocycles. The van der Waals surface area contributed by atoms with Gasteiger partial charge >= 0.3 is 11.9 Å². The van der Waals surface area contributed by atoms with Gasteiger partial charge in [0.05, 0.1) is 11.5 Å². The van der Waals surface area contributed by atoms with Crippen LogP contribution in [0.4, 0.5) is 11.4 Å². The molecule has 0 aliphatic carbocycles. The van der Waals surface area contributed by atoms with Crippen molar-refractivity contribution in [2.24, 2.45) is 11.8 Å². The van der Waals surface area contributed by atoms with Crippen molar-refractivity contribution in [1.29, 1.82) is 0 Å². The molecule has 1 aromatic carbocycles. The minimum Gasteiger partial charge on any atom is -0.481 e. The molecule has 10 heteroatoms. The first kappa shape index (κ1) is 22.7. The van der Waals surface area contributed by atoms with Crippen LogP contribution in [-0.4, -0.2) is 40.3 Å². The highest BCUT2D eigenvalue weighted by molar-refractivity contribution is 5.99. The van der Waals surface area contributed by atoms with E-state index in [4.69, 9.17) is 4.74 Å². The summed E-state index contributed by atoms with van der Waals surface area (Å²) in [6, 6.07) is 3.65. The van der Waals surface area contributed by atoms with Crippen molar-refractivity contribution in [1.82, 2.24) is 0 Å². The molecule has 28 heavy (non-hydrogen) atoms. The fraction of sp³-hybridized carbons (Fsp3) is 0.444. The Balaban J connectivity index is 2.91. The van der Waals surface area contributed by atoms with Gasteiger partial charge in [-0.15, -0.1) is 0 Å². The number of carboxylic acids is 1. The number of nitro groups is 1. The molecule has 152 valence electrons. The number of nitro benzene ring substituents is 1. The van der Waals surface area contributed by atoms with E-state index in [1.165, 1.54) is 26.0 Å². The van der Waals surface area contributed by atoms with Crippen LogP contribution in [-0.2, 0) is 19.1 Å². The highest BCUT2D eigenvalue weighted by atomic mass is 16.6. The largest absolute Gasteiger partial charge is 0.481 e. The summed E-state index contributed by atoms with van der Waals surface area (Å²) in [5.74, 6) is -5.22. The number of ether oxygens (including phenoxy) is 1. The van der Waals surface area contributed by atoms with Crippen LogP contribution in [0.25, 0.3) is 0 Å². The smallest absolute Gasteiger partial charge is 0.320 e. The van der Waals surface area contributed by atoms with E-state index in [-0.39, 0.29) is 30.7 Å². The SMILES string of the molecule is CCOC(=O)C(C(=O)O)C(C)CCC(=O)c1ccc(NC(C)=O)c([N+](=O)[O-])c1. The van der Waals surface area contributed by atoms with Crippen molar-refractivity contribution in [2.45, 2.75) is 33.6 Å². The van der Waals surface area contributed by atoms with Crippen LogP contribution in [0.1, 0.15) is 44.0 Å². The predicted octanol–water partition coefficient (Wildman–Crippen LogP) is 2.42. The number of anilines is 1. The number of carboxylic acid groups (broad SMARTS) is 1. The number of hydrogen-bond donors (Lipinski definition) is 2. The molecule has 10 nitrogen and oxygen atoms in total. The lowest BCUT2D eigenvalue weighted by Crippen LogP contribution is -2.32. The Morgan fingerprint density at radius 2 is 1.93 bits per heavy atom. The van der Waals surface area contributed by atoms with E-state index in [9.17, 15) is 34.4 Å². The summed E-state index contributed by atoms with van der Waals surface area (Å²) < 4.78 is 4.75. The normalized spacial score (nSPS) is 12.5. The average molecular weight is 394 g/mol. The second-order valence-electron chi connectivity index (χ2n) is 6.18. The minimum absolute atomic E-state index is 0.0318. The number of carbonyl (C=O) groups is 4. The summed E-state index contributed by atoms with van der Waals surface area (Å²) >= 11 is 0. The van der Waals surface area contributed by atoms with E-state index in [2.05, 4.69) is 5.32 Å². The minimum atomic E-state index is -1.40. The third-order valence-electron chi connectivity index (χ3n) is 4.03. The molecule has 0 bridgehead atoms. The van der Waals surface area contributed by atoms with Crippen LogP contribution in [0.3, 0.4) is 0 Å². The molecule has 0 saturated carbocycles. The molecule has 1 amide bonds. The fourth-order valence-electron chi connectivity index (χ4n) is 2.63. The number of rotatable bonds is 10. The van der Waals surface area contributed by atoms with Crippen molar-refractivity contribution < 1.29 is 33.9 Å². The van der Waals surface area contributed by atoms with Gasteiger partial charge in [0.1, 0.15) is 5.69 Å². The number of Topliss-reactive ketones (excluding diaryl/α,β-unsaturated/α-hetero) is 1. The second kappa shape index (κ2) is 10.1.